The molecule has 1 atom stereocenters. The highest BCUT2D eigenvalue weighted by Gasteiger charge is 2.31. The quantitative estimate of drug-likeness (QED) is 0.347. The number of benzene rings is 3. The Bertz CT molecular complexity index is 1330. The Hall–Kier alpha value is -3.37. The summed E-state index contributed by atoms with van der Waals surface area (Å²) in [4.78, 5) is 3.79. The van der Waals surface area contributed by atoms with Gasteiger partial charge in [-0.3, -0.25) is 14.7 Å². The van der Waals surface area contributed by atoms with Crippen LogP contribution < -0.4 is 4.72 Å². The number of nitrogens with one attached hydrogen (secondary N) is 1. The van der Waals surface area contributed by atoms with E-state index in [1.165, 1.54) is 0 Å². The predicted molar refractivity (Wildman–Crippen MR) is 129 cm³/mol. The van der Waals surface area contributed by atoms with E-state index in [0.717, 1.165) is 35.3 Å². The highest BCUT2D eigenvalue weighted by molar-refractivity contribution is 7.90. The van der Waals surface area contributed by atoms with Gasteiger partial charge in [-0.05, 0) is 47.5 Å². The van der Waals surface area contributed by atoms with Gasteiger partial charge in [0, 0.05) is 10.9 Å². The fraction of sp³-hybridized carbons (Fsp3) is 0.167. The summed E-state index contributed by atoms with van der Waals surface area (Å²) in [6.07, 6.45) is -3.55. The number of hydrogen-bond acceptors (Lipinski definition) is 5. The molecular weight excluding hydrogens is 501 g/mol. The van der Waals surface area contributed by atoms with Crippen molar-refractivity contribution >= 4 is 33.7 Å². The molecule has 0 bridgehead atoms. The smallest absolute Gasteiger partial charge is 0.274 e. The van der Waals surface area contributed by atoms with Crippen molar-refractivity contribution < 1.29 is 21.6 Å². The average Bonchev–Trinajstić information content (AvgIpc) is 3.27. The second kappa shape index (κ2) is 10.1. The van der Waals surface area contributed by atoms with Crippen molar-refractivity contribution in [2.45, 2.75) is 17.0 Å². The number of hydrogen-bond donors (Lipinski definition) is 1. The summed E-state index contributed by atoms with van der Waals surface area (Å²) in [6.45, 7) is 0.612. The number of aliphatic imine (C=N–C) groups is 1. The zero-order valence-electron chi connectivity index (χ0n) is 18.2. The first-order valence-electron chi connectivity index (χ1n) is 10.5. The molecule has 1 aliphatic rings. The first-order chi connectivity index (χ1) is 16.6. The van der Waals surface area contributed by atoms with Crippen molar-refractivity contribution in [1.29, 1.82) is 0 Å². The highest BCUT2D eigenvalue weighted by Crippen LogP contribution is 2.30. The Morgan fingerprint density at radius 1 is 1.03 bits per heavy atom. The second-order valence-corrected chi connectivity index (χ2v) is 9.89. The molecule has 0 fully saturated rings. The SMILES string of the molecule is O=S(=O)(NC=NCN1C[C@H](c2ccccc2)C(c2ccc(Cl)cc2)=N1)c1ccc(C(F)(F)F)cc1. The van der Waals surface area contributed by atoms with Crippen LogP contribution >= 0.6 is 11.6 Å². The number of halogens is 4. The van der Waals surface area contributed by atoms with E-state index in [2.05, 4.69) is 14.8 Å². The zero-order chi connectivity index (χ0) is 25.1. The molecular formula is C24H20ClF3N4O2S. The molecule has 0 amide bonds. The summed E-state index contributed by atoms with van der Waals surface area (Å²) >= 11 is 6.02. The molecule has 1 aliphatic heterocycles. The van der Waals surface area contributed by atoms with Crippen LogP contribution in [0, 0.1) is 0 Å². The Labute approximate surface area is 205 Å². The van der Waals surface area contributed by atoms with Crippen LogP contribution in [-0.4, -0.2) is 38.7 Å². The van der Waals surface area contributed by atoms with Gasteiger partial charge in [0.05, 0.1) is 29.1 Å². The fourth-order valence-electron chi connectivity index (χ4n) is 3.61. The fourth-order valence-corrected chi connectivity index (χ4v) is 4.58. The van der Waals surface area contributed by atoms with Crippen molar-refractivity contribution in [1.82, 2.24) is 9.73 Å². The summed E-state index contributed by atoms with van der Waals surface area (Å²) in [6, 6.07) is 20.4. The number of hydrazone groups is 1. The largest absolute Gasteiger partial charge is 0.416 e. The lowest BCUT2D eigenvalue weighted by molar-refractivity contribution is -0.137. The molecule has 3 aromatic carbocycles. The molecule has 4 rings (SSSR count). The van der Waals surface area contributed by atoms with Gasteiger partial charge in [-0.2, -0.15) is 18.3 Å². The van der Waals surface area contributed by atoms with Gasteiger partial charge < -0.3 is 0 Å². The summed E-state index contributed by atoms with van der Waals surface area (Å²) in [5, 5.41) is 7.01. The molecule has 0 spiro atoms. The summed E-state index contributed by atoms with van der Waals surface area (Å²) in [5.74, 6) is -0.0172. The lowest BCUT2D eigenvalue weighted by Gasteiger charge is -2.15. The van der Waals surface area contributed by atoms with Crippen LogP contribution in [0.4, 0.5) is 13.2 Å². The third-order valence-electron chi connectivity index (χ3n) is 5.35. The highest BCUT2D eigenvalue weighted by atomic mass is 35.5. The molecule has 0 unspecified atom stereocenters. The molecule has 182 valence electrons. The van der Waals surface area contributed by atoms with Crippen LogP contribution in [0.3, 0.4) is 0 Å². The van der Waals surface area contributed by atoms with Gasteiger partial charge in [0.15, 0.2) is 0 Å². The first-order valence-corrected chi connectivity index (χ1v) is 12.3. The van der Waals surface area contributed by atoms with Crippen LogP contribution in [0.5, 0.6) is 0 Å². The topological polar surface area (TPSA) is 74.1 Å². The maximum absolute atomic E-state index is 12.7. The molecule has 35 heavy (non-hydrogen) atoms. The monoisotopic (exact) mass is 520 g/mol. The summed E-state index contributed by atoms with van der Waals surface area (Å²) in [7, 11) is -4.06. The molecule has 1 heterocycles. The third kappa shape index (κ3) is 6.01. The van der Waals surface area contributed by atoms with Gasteiger partial charge in [0.25, 0.3) is 10.0 Å². The molecule has 0 saturated heterocycles. The van der Waals surface area contributed by atoms with Crippen molar-refractivity contribution in [3.8, 4) is 0 Å². The van der Waals surface area contributed by atoms with Gasteiger partial charge in [-0.1, -0.05) is 54.1 Å². The second-order valence-electron chi connectivity index (χ2n) is 7.74. The van der Waals surface area contributed by atoms with Gasteiger partial charge in [-0.15, -0.1) is 0 Å². The van der Waals surface area contributed by atoms with E-state index in [1.54, 1.807) is 17.1 Å². The Morgan fingerprint density at radius 3 is 2.31 bits per heavy atom. The first kappa shape index (κ1) is 24.7. The van der Waals surface area contributed by atoms with Crippen LogP contribution in [-0.2, 0) is 16.2 Å². The van der Waals surface area contributed by atoms with E-state index in [9.17, 15) is 21.6 Å². The standard InChI is InChI=1S/C24H20ClF3N4O2S/c25-20-10-6-18(7-11-20)23-22(17-4-2-1-3-5-17)14-32(31-23)16-29-15-30-35(33,34)21-12-8-19(9-13-21)24(26,27)28/h1-13,15,22H,14,16H2,(H,29,30)/t22-/m1/s1. The molecule has 0 aliphatic carbocycles. The zero-order valence-corrected chi connectivity index (χ0v) is 19.7. The maximum atomic E-state index is 12.7. The molecule has 3 aromatic rings. The van der Waals surface area contributed by atoms with E-state index in [-0.39, 0.29) is 17.5 Å². The normalized spacial score (nSPS) is 16.5. The minimum absolute atomic E-state index is 0.0172. The van der Waals surface area contributed by atoms with Gasteiger partial charge in [0.2, 0.25) is 0 Å². The number of rotatable bonds is 7. The summed E-state index contributed by atoms with van der Waals surface area (Å²) < 4.78 is 65.0. The molecule has 6 nitrogen and oxygen atoms in total. The maximum Gasteiger partial charge on any atom is 0.416 e. The van der Waals surface area contributed by atoms with Crippen molar-refractivity contribution in [3.63, 3.8) is 0 Å². The molecule has 0 aromatic heterocycles. The van der Waals surface area contributed by atoms with Crippen LogP contribution in [0.2, 0.25) is 5.02 Å². The van der Waals surface area contributed by atoms with Crippen molar-refractivity contribution in [3.05, 3.63) is 101 Å². The lowest BCUT2D eigenvalue weighted by atomic mass is 9.91. The molecule has 0 radical (unpaired) electrons. The number of nitrogens with zero attached hydrogens (tertiary/aromatic N) is 3. The van der Waals surface area contributed by atoms with E-state index >= 15 is 0 Å². The average molecular weight is 521 g/mol. The van der Waals surface area contributed by atoms with Gasteiger partial charge in [0.1, 0.15) is 6.67 Å². The van der Waals surface area contributed by atoms with Gasteiger partial charge >= 0.3 is 6.18 Å². The predicted octanol–water partition coefficient (Wildman–Crippen LogP) is 5.13. The molecule has 11 heteroatoms. The Kier molecular flexibility index (Phi) is 7.13. The van der Waals surface area contributed by atoms with Crippen LogP contribution in [0.25, 0.3) is 0 Å². The van der Waals surface area contributed by atoms with E-state index < -0.39 is 21.8 Å². The van der Waals surface area contributed by atoms with E-state index in [1.807, 2.05) is 42.5 Å². The van der Waals surface area contributed by atoms with E-state index in [0.29, 0.717) is 23.7 Å². The molecule has 0 saturated carbocycles. The van der Waals surface area contributed by atoms with Crippen molar-refractivity contribution in [2.75, 3.05) is 13.2 Å². The molecule has 1 N–H and O–H groups in total. The van der Waals surface area contributed by atoms with Crippen molar-refractivity contribution in [2.24, 2.45) is 10.1 Å². The Balaban J connectivity index is 1.45. The minimum atomic E-state index is -4.55. The third-order valence-corrected chi connectivity index (χ3v) is 6.91. The van der Waals surface area contributed by atoms with Crippen LogP contribution in [0.1, 0.15) is 22.6 Å². The van der Waals surface area contributed by atoms with E-state index in [4.69, 9.17) is 11.6 Å². The number of sulfonamides is 1. The van der Waals surface area contributed by atoms with Gasteiger partial charge in [-0.25, -0.2) is 8.42 Å². The summed E-state index contributed by atoms with van der Waals surface area (Å²) in [5.41, 5.74) is 1.91. The Morgan fingerprint density at radius 2 is 1.69 bits per heavy atom. The van der Waals surface area contributed by atoms with Crippen LogP contribution in [0.15, 0.2) is 93.9 Å². The lowest BCUT2D eigenvalue weighted by Crippen LogP contribution is -2.24. The number of alkyl halides is 3. The minimum Gasteiger partial charge on any atom is -0.274 e.